The topological polar surface area (TPSA) is 64.3 Å². The molecule has 1 rings (SSSR count). The number of hydrogen-bond acceptors (Lipinski definition) is 3. The molecule has 0 spiro atoms. The van der Waals surface area contributed by atoms with Crippen molar-refractivity contribution >= 4 is 5.91 Å². The van der Waals surface area contributed by atoms with Crippen LogP contribution in [-0.2, 0) is 9.53 Å². The third-order valence-electron chi connectivity index (χ3n) is 3.01. The first kappa shape index (κ1) is 12.5. The van der Waals surface area contributed by atoms with Crippen molar-refractivity contribution in [3.05, 3.63) is 0 Å². The van der Waals surface area contributed by atoms with E-state index in [1.807, 2.05) is 6.92 Å². The van der Waals surface area contributed by atoms with E-state index in [0.29, 0.717) is 6.42 Å². The van der Waals surface area contributed by atoms with E-state index in [1.165, 1.54) is 0 Å². The van der Waals surface area contributed by atoms with Gasteiger partial charge in [-0.1, -0.05) is 6.92 Å². The van der Waals surface area contributed by atoms with E-state index < -0.39 is 0 Å². The van der Waals surface area contributed by atoms with Crippen LogP contribution in [0.1, 0.15) is 39.0 Å². The third-order valence-corrected chi connectivity index (χ3v) is 3.01. The summed E-state index contributed by atoms with van der Waals surface area (Å²) < 4.78 is 5.09. The first-order valence-electron chi connectivity index (χ1n) is 5.76. The molecule has 0 bridgehead atoms. The molecule has 3 atom stereocenters. The van der Waals surface area contributed by atoms with E-state index in [-0.39, 0.29) is 24.1 Å². The first-order valence-corrected chi connectivity index (χ1v) is 5.76. The molecule has 15 heavy (non-hydrogen) atoms. The second-order valence-corrected chi connectivity index (χ2v) is 4.26. The van der Waals surface area contributed by atoms with E-state index >= 15 is 0 Å². The summed E-state index contributed by atoms with van der Waals surface area (Å²) in [6.45, 7) is 1.94. The molecule has 0 aromatic carbocycles. The third kappa shape index (κ3) is 3.80. The monoisotopic (exact) mass is 214 g/mol. The molecule has 1 saturated carbocycles. The highest BCUT2D eigenvalue weighted by Crippen LogP contribution is 2.17. The van der Waals surface area contributed by atoms with Crippen molar-refractivity contribution < 1.29 is 9.53 Å². The lowest BCUT2D eigenvalue weighted by atomic mass is 9.91. The van der Waals surface area contributed by atoms with Gasteiger partial charge in [0.1, 0.15) is 6.10 Å². The van der Waals surface area contributed by atoms with Gasteiger partial charge in [0, 0.05) is 19.2 Å². The van der Waals surface area contributed by atoms with E-state index in [9.17, 15) is 4.79 Å². The quantitative estimate of drug-likeness (QED) is 0.727. The Morgan fingerprint density at radius 3 is 2.87 bits per heavy atom. The smallest absolute Gasteiger partial charge is 0.249 e. The zero-order chi connectivity index (χ0) is 11.3. The van der Waals surface area contributed by atoms with Crippen LogP contribution < -0.4 is 11.1 Å². The van der Waals surface area contributed by atoms with Gasteiger partial charge in [0.15, 0.2) is 0 Å². The molecule has 1 aliphatic carbocycles. The Balaban J connectivity index is 2.36. The summed E-state index contributed by atoms with van der Waals surface area (Å²) in [4.78, 5) is 11.7. The number of ether oxygens (including phenoxy) is 1. The molecule has 0 heterocycles. The van der Waals surface area contributed by atoms with Crippen LogP contribution in [0.15, 0.2) is 0 Å². The fourth-order valence-electron chi connectivity index (χ4n) is 2.11. The SMILES string of the molecule is CCC(OC)C(=O)NC1CCCC(N)C1. The van der Waals surface area contributed by atoms with Gasteiger partial charge < -0.3 is 15.8 Å². The Morgan fingerprint density at radius 1 is 1.60 bits per heavy atom. The van der Waals surface area contributed by atoms with Gasteiger partial charge in [0.2, 0.25) is 5.91 Å². The fraction of sp³-hybridized carbons (Fsp3) is 0.909. The second-order valence-electron chi connectivity index (χ2n) is 4.26. The van der Waals surface area contributed by atoms with Crippen molar-refractivity contribution in [3.63, 3.8) is 0 Å². The van der Waals surface area contributed by atoms with Gasteiger partial charge in [-0.25, -0.2) is 0 Å². The van der Waals surface area contributed by atoms with Gasteiger partial charge >= 0.3 is 0 Å². The highest BCUT2D eigenvalue weighted by molar-refractivity contribution is 5.80. The molecular weight excluding hydrogens is 192 g/mol. The summed E-state index contributed by atoms with van der Waals surface area (Å²) in [5, 5.41) is 3.01. The molecule has 88 valence electrons. The van der Waals surface area contributed by atoms with Crippen LogP contribution in [0.4, 0.5) is 0 Å². The Hall–Kier alpha value is -0.610. The highest BCUT2D eigenvalue weighted by Gasteiger charge is 2.23. The minimum Gasteiger partial charge on any atom is -0.372 e. The average molecular weight is 214 g/mol. The number of nitrogens with one attached hydrogen (secondary N) is 1. The summed E-state index contributed by atoms with van der Waals surface area (Å²) in [5.74, 6) is -0.000833. The summed E-state index contributed by atoms with van der Waals surface area (Å²) in [6, 6.07) is 0.483. The largest absolute Gasteiger partial charge is 0.372 e. The predicted molar refractivity (Wildman–Crippen MR) is 59.5 cm³/mol. The number of methoxy groups -OCH3 is 1. The van der Waals surface area contributed by atoms with E-state index in [0.717, 1.165) is 25.7 Å². The summed E-state index contributed by atoms with van der Waals surface area (Å²) in [5.41, 5.74) is 5.86. The molecular formula is C11H22N2O2. The lowest BCUT2D eigenvalue weighted by molar-refractivity contribution is -0.132. The number of nitrogens with two attached hydrogens (primary N) is 1. The van der Waals surface area contributed by atoms with Gasteiger partial charge in [-0.2, -0.15) is 0 Å². The minimum atomic E-state index is -0.317. The van der Waals surface area contributed by atoms with E-state index in [4.69, 9.17) is 10.5 Å². The van der Waals surface area contributed by atoms with Crippen LogP contribution in [0.25, 0.3) is 0 Å². The van der Waals surface area contributed by atoms with Crippen LogP contribution in [-0.4, -0.2) is 31.2 Å². The minimum absolute atomic E-state index is 0.000833. The van der Waals surface area contributed by atoms with Gasteiger partial charge in [0.25, 0.3) is 0 Å². The maximum Gasteiger partial charge on any atom is 0.249 e. The van der Waals surface area contributed by atoms with E-state index in [2.05, 4.69) is 5.32 Å². The Labute approximate surface area is 91.5 Å². The molecule has 1 amide bonds. The van der Waals surface area contributed by atoms with Crippen molar-refractivity contribution in [2.24, 2.45) is 5.73 Å². The second kappa shape index (κ2) is 6.08. The highest BCUT2D eigenvalue weighted by atomic mass is 16.5. The molecule has 1 aliphatic rings. The molecule has 0 aromatic rings. The zero-order valence-corrected chi connectivity index (χ0v) is 9.66. The van der Waals surface area contributed by atoms with Crippen molar-refractivity contribution in [2.45, 2.75) is 57.2 Å². The Bertz CT molecular complexity index is 205. The van der Waals surface area contributed by atoms with Crippen molar-refractivity contribution in [1.82, 2.24) is 5.32 Å². The molecule has 0 aliphatic heterocycles. The molecule has 1 fully saturated rings. The maximum atomic E-state index is 11.7. The normalized spacial score (nSPS) is 28.5. The Morgan fingerprint density at radius 2 is 2.33 bits per heavy atom. The van der Waals surface area contributed by atoms with Gasteiger partial charge in [-0.05, 0) is 32.1 Å². The standard InChI is InChI=1S/C11H22N2O2/c1-3-10(15-2)11(14)13-9-6-4-5-8(12)7-9/h8-10H,3-7,12H2,1-2H3,(H,13,14). The molecule has 0 aromatic heterocycles. The van der Waals surface area contributed by atoms with Crippen LogP contribution in [0, 0.1) is 0 Å². The fourth-order valence-corrected chi connectivity index (χ4v) is 2.11. The van der Waals surface area contributed by atoms with Crippen molar-refractivity contribution in [3.8, 4) is 0 Å². The lowest BCUT2D eigenvalue weighted by Crippen LogP contribution is -2.46. The number of rotatable bonds is 4. The summed E-state index contributed by atoms with van der Waals surface area (Å²) in [6.07, 6.45) is 4.51. The van der Waals surface area contributed by atoms with E-state index in [1.54, 1.807) is 7.11 Å². The maximum absolute atomic E-state index is 11.7. The average Bonchev–Trinajstić information content (AvgIpc) is 2.19. The molecule has 4 nitrogen and oxygen atoms in total. The van der Waals surface area contributed by atoms with Crippen LogP contribution >= 0.6 is 0 Å². The Kier molecular flexibility index (Phi) is 5.05. The van der Waals surface area contributed by atoms with Crippen LogP contribution in [0.2, 0.25) is 0 Å². The number of carbonyl (C=O) groups is 1. The predicted octanol–water partition coefficient (Wildman–Crippen LogP) is 0.797. The van der Waals surface area contributed by atoms with Gasteiger partial charge in [0.05, 0.1) is 0 Å². The zero-order valence-electron chi connectivity index (χ0n) is 9.66. The number of hydrogen-bond donors (Lipinski definition) is 2. The van der Waals surface area contributed by atoms with Gasteiger partial charge in [-0.15, -0.1) is 0 Å². The summed E-state index contributed by atoms with van der Waals surface area (Å²) >= 11 is 0. The number of carbonyl (C=O) groups excluding carboxylic acids is 1. The molecule has 0 saturated heterocycles. The molecule has 0 radical (unpaired) electrons. The number of amides is 1. The van der Waals surface area contributed by atoms with Crippen LogP contribution in [0.3, 0.4) is 0 Å². The van der Waals surface area contributed by atoms with Crippen molar-refractivity contribution in [1.29, 1.82) is 0 Å². The van der Waals surface area contributed by atoms with Gasteiger partial charge in [-0.3, -0.25) is 4.79 Å². The van der Waals surface area contributed by atoms with Crippen LogP contribution in [0.5, 0.6) is 0 Å². The first-order chi connectivity index (χ1) is 7.17. The molecule has 3 N–H and O–H groups in total. The molecule has 4 heteroatoms. The molecule has 3 unspecified atom stereocenters. The lowest BCUT2D eigenvalue weighted by Gasteiger charge is -2.28. The van der Waals surface area contributed by atoms with Crippen molar-refractivity contribution in [2.75, 3.05) is 7.11 Å². The summed E-state index contributed by atoms with van der Waals surface area (Å²) in [7, 11) is 1.57.